The summed E-state index contributed by atoms with van der Waals surface area (Å²) in [6.07, 6.45) is 0.862. The Bertz CT molecular complexity index is 685. The van der Waals surface area contributed by atoms with Gasteiger partial charge in [-0.05, 0) is 47.2 Å². The number of fused-ring (bicyclic) bond motifs is 5. The average molecular weight is 394 g/mol. The first-order valence-corrected chi connectivity index (χ1v) is 7.79. The second-order valence-corrected chi connectivity index (χ2v) is 6.65. The molecule has 0 aliphatic carbocycles. The van der Waals surface area contributed by atoms with Crippen LogP contribution >= 0.6 is 22.6 Å². The number of benzene rings is 1. The number of nitrogens with one attached hydrogen (secondary N) is 1. The zero-order valence-electron chi connectivity index (χ0n) is 10.9. The first kappa shape index (κ1) is 13.0. The van der Waals surface area contributed by atoms with Gasteiger partial charge in [0.05, 0.1) is 11.3 Å². The van der Waals surface area contributed by atoms with Crippen molar-refractivity contribution in [3.8, 4) is 6.07 Å². The molecule has 2 bridgehead atoms. The van der Waals surface area contributed by atoms with Gasteiger partial charge in [0.25, 0.3) is 5.91 Å². The minimum absolute atomic E-state index is 0.0777. The summed E-state index contributed by atoms with van der Waals surface area (Å²) in [5.41, 5.74) is 1.09. The summed E-state index contributed by atoms with van der Waals surface area (Å²) >= 11 is 2.04. The van der Waals surface area contributed by atoms with E-state index in [-0.39, 0.29) is 30.1 Å². The van der Waals surface area contributed by atoms with Gasteiger partial charge in [-0.25, -0.2) is 9.69 Å². The van der Waals surface area contributed by atoms with Crippen LogP contribution in [0.5, 0.6) is 0 Å². The highest BCUT2D eigenvalue weighted by molar-refractivity contribution is 14.1. The number of rotatable bonds is 1. The Kier molecular flexibility index (Phi) is 2.74. The van der Waals surface area contributed by atoms with Gasteiger partial charge >= 0.3 is 6.03 Å². The molecule has 7 heteroatoms. The molecule has 0 spiro atoms. The zero-order chi connectivity index (χ0) is 14.7. The highest BCUT2D eigenvalue weighted by atomic mass is 127. The number of carbonyl (C=O) groups is 2. The molecule has 3 atom stereocenters. The first-order chi connectivity index (χ1) is 10.1. The molecule has 0 aromatic heterocycles. The van der Waals surface area contributed by atoms with Crippen LogP contribution in [0.4, 0.5) is 10.5 Å². The number of anilines is 1. The number of hydrogen-bond acceptors (Lipinski definition) is 4. The van der Waals surface area contributed by atoms with Crippen molar-refractivity contribution < 1.29 is 9.59 Å². The maximum atomic E-state index is 12.6. The molecule has 106 valence electrons. The average Bonchev–Trinajstić information content (AvgIpc) is 3.13. The van der Waals surface area contributed by atoms with Crippen molar-refractivity contribution in [3.63, 3.8) is 0 Å². The number of halogens is 1. The first-order valence-electron chi connectivity index (χ1n) is 6.71. The Hall–Kier alpha value is -1.66. The number of hydrogen-bond donors (Lipinski definition) is 1. The van der Waals surface area contributed by atoms with E-state index in [1.165, 1.54) is 4.90 Å². The smallest absolute Gasteiger partial charge is 0.309 e. The van der Waals surface area contributed by atoms with E-state index in [2.05, 4.69) is 11.4 Å². The predicted octanol–water partition coefficient (Wildman–Crippen LogP) is 1.04. The number of carbonyl (C=O) groups excluding carboxylic acids is 2. The molecular weight excluding hydrogens is 383 g/mol. The van der Waals surface area contributed by atoms with E-state index in [0.717, 1.165) is 16.5 Å². The molecule has 3 aliphatic heterocycles. The van der Waals surface area contributed by atoms with Crippen LogP contribution in [0.25, 0.3) is 0 Å². The van der Waals surface area contributed by atoms with Gasteiger partial charge in [0.1, 0.15) is 12.1 Å². The van der Waals surface area contributed by atoms with Gasteiger partial charge in [0.2, 0.25) is 0 Å². The lowest BCUT2D eigenvalue weighted by atomic mass is 10.1. The van der Waals surface area contributed by atoms with Crippen LogP contribution in [0.15, 0.2) is 18.2 Å². The van der Waals surface area contributed by atoms with E-state index in [9.17, 15) is 9.59 Å². The van der Waals surface area contributed by atoms with E-state index >= 15 is 0 Å². The molecule has 3 unspecified atom stereocenters. The van der Waals surface area contributed by atoms with Crippen molar-refractivity contribution in [1.29, 1.82) is 5.26 Å². The van der Waals surface area contributed by atoms with Gasteiger partial charge in [-0.3, -0.25) is 4.79 Å². The minimum Gasteiger partial charge on any atom is -0.309 e. The van der Waals surface area contributed by atoms with Crippen LogP contribution < -0.4 is 10.2 Å². The molecule has 3 heterocycles. The summed E-state index contributed by atoms with van der Waals surface area (Å²) in [5.74, 6) is -0.166. The number of imide groups is 1. The quantitative estimate of drug-likeness (QED) is 0.571. The third-order valence-corrected chi connectivity index (χ3v) is 5.33. The summed E-state index contributed by atoms with van der Waals surface area (Å²) in [5, 5.41) is 12.3. The summed E-state index contributed by atoms with van der Waals surface area (Å²) in [6.45, 7) is 0.763. The van der Waals surface area contributed by atoms with E-state index in [0.29, 0.717) is 11.3 Å². The molecule has 6 nitrogen and oxygen atoms in total. The Balaban J connectivity index is 1.74. The van der Waals surface area contributed by atoms with Gasteiger partial charge in [-0.2, -0.15) is 5.26 Å². The Morgan fingerprint density at radius 2 is 2.19 bits per heavy atom. The Morgan fingerprint density at radius 1 is 1.38 bits per heavy atom. The van der Waals surface area contributed by atoms with Crippen LogP contribution in [0, 0.1) is 14.9 Å². The minimum atomic E-state index is -0.371. The lowest BCUT2D eigenvalue weighted by Gasteiger charge is -2.26. The van der Waals surface area contributed by atoms with Crippen LogP contribution in [-0.2, 0) is 4.79 Å². The molecule has 1 aromatic rings. The number of nitrogens with zero attached hydrogens (tertiary/aromatic N) is 3. The summed E-state index contributed by atoms with van der Waals surface area (Å²) in [7, 11) is 0. The normalized spacial score (nSPS) is 30.0. The maximum absolute atomic E-state index is 12.6. The molecule has 3 aliphatic rings. The third-order valence-electron chi connectivity index (χ3n) is 4.43. The van der Waals surface area contributed by atoms with E-state index < -0.39 is 0 Å². The summed E-state index contributed by atoms with van der Waals surface area (Å²) < 4.78 is 0.737. The third kappa shape index (κ3) is 1.66. The standard InChI is InChI=1S/C14H11IN4O2/c15-10-3-8(2-1-7(10)5-16)19-13(20)12-11-4-9(6-17-11)18(12)14(19)21/h1-3,9,11-12,17H,4,6H2. The predicted molar refractivity (Wildman–Crippen MR) is 82.6 cm³/mol. The topological polar surface area (TPSA) is 76.4 Å². The van der Waals surface area contributed by atoms with Crippen molar-refractivity contribution in [3.05, 3.63) is 27.3 Å². The second kappa shape index (κ2) is 4.42. The maximum Gasteiger partial charge on any atom is 0.332 e. The molecule has 4 rings (SSSR count). The number of nitriles is 1. The van der Waals surface area contributed by atoms with Crippen molar-refractivity contribution in [2.45, 2.75) is 24.5 Å². The Morgan fingerprint density at radius 3 is 2.86 bits per heavy atom. The fourth-order valence-electron chi connectivity index (χ4n) is 3.50. The molecule has 3 saturated heterocycles. The monoisotopic (exact) mass is 394 g/mol. The van der Waals surface area contributed by atoms with E-state index in [1.54, 1.807) is 23.1 Å². The molecule has 1 N–H and O–H groups in total. The van der Waals surface area contributed by atoms with Crippen molar-refractivity contribution in [2.75, 3.05) is 11.4 Å². The molecule has 3 fully saturated rings. The summed E-state index contributed by atoms with van der Waals surface area (Å²) in [6, 6.07) is 6.70. The van der Waals surface area contributed by atoms with Gasteiger partial charge in [-0.15, -0.1) is 0 Å². The molecule has 1 aromatic carbocycles. The van der Waals surface area contributed by atoms with Crippen LogP contribution in [0.3, 0.4) is 0 Å². The lowest BCUT2D eigenvalue weighted by Crippen LogP contribution is -2.51. The molecule has 3 amide bonds. The Labute approximate surface area is 134 Å². The molecule has 0 radical (unpaired) electrons. The van der Waals surface area contributed by atoms with Gasteiger partial charge in [0, 0.05) is 22.2 Å². The molecular formula is C14H11IN4O2. The van der Waals surface area contributed by atoms with Crippen molar-refractivity contribution >= 4 is 40.2 Å². The second-order valence-electron chi connectivity index (χ2n) is 5.49. The van der Waals surface area contributed by atoms with Crippen LogP contribution in [0.2, 0.25) is 0 Å². The lowest BCUT2D eigenvalue weighted by molar-refractivity contribution is -0.120. The highest BCUT2D eigenvalue weighted by Crippen LogP contribution is 2.38. The number of amides is 3. The van der Waals surface area contributed by atoms with E-state index in [4.69, 9.17) is 5.26 Å². The van der Waals surface area contributed by atoms with Gasteiger partial charge < -0.3 is 10.2 Å². The van der Waals surface area contributed by atoms with Crippen LogP contribution in [0.1, 0.15) is 12.0 Å². The molecule has 21 heavy (non-hydrogen) atoms. The van der Waals surface area contributed by atoms with E-state index in [1.807, 2.05) is 22.6 Å². The highest BCUT2D eigenvalue weighted by Gasteiger charge is 2.59. The number of piperazine rings is 1. The molecule has 0 saturated carbocycles. The van der Waals surface area contributed by atoms with Crippen molar-refractivity contribution in [1.82, 2.24) is 10.2 Å². The zero-order valence-corrected chi connectivity index (χ0v) is 13.1. The van der Waals surface area contributed by atoms with Gasteiger partial charge in [0.15, 0.2) is 0 Å². The fraction of sp³-hybridized carbons (Fsp3) is 0.357. The number of urea groups is 1. The van der Waals surface area contributed by atoms with Crippen LogP contribution in [-0.4, -0.2) is 41.5 Å². The summed E-state index contributed by atoms with van der Waals surface area (Å²) in [4.78, 5) is 28.2. The van der Waals surface area contributed by atoms with Crippen molar-refractivity contribution in [2.24, 2.45) is 0 Å². The largest absolute Gasteiger partial charge is 0.332 e. The fourth-order valence-corrected chi connectivity index (χ4v) is 4.12. The SMILES string of the molecule is N#Cc1ccc(N2C(=O)C3C4CC(CN4)N3C2=O)cc1I. The van der Waals surface area contributed by atoms with Gasteiger partial charge in [-0.1, -0.05) is 0 Å².